The second-order valence-electron chi connectivity index (χ2n) is 4.55. The molecule has 0 aliphatic carbocycles. The van der Waals surface area contributed by atoms with Crippen LogP contribution in [0.15, 0.2) is 48.7 Å². The average molecular weight is 256 g/mol. The zero-order chi connectivity index (χ0) is 13.5. The number of rotatable bonds is 6. The van der Waals surface area contributed by atoms with Gasteiger partial charge in [0.2, 0.25) is 0 Å². The number of hydrogen-bond donors (Lipinski definition) is 1. The van der Waals surface area contributed by atoms with E-state index in [0.29, 0.717) is 0 Å². The zero-order valence-electron chi connectivity index (χ0n) is 11.3. The molecule has 3 heteroatoms. The molecule has 2 rings (SSSR count). The first kappa shape index (κ1) is 13.6. The van der Waals surface area contributed by atoms with Crippen molar-refractivity contribution in [2.75, 3.05) is 6.61 Å². The van der Waals surface area contributed by atoms with Gasteiger partial charge in [0.25, 0.3) is 0 Å². The molecular weight excluding hydrogens is 236 g/mol. The molecule has 3 nitrogen and oxygen atoms in total. The second-order valence-corrected chi connectivity index (χ2v) is 4.55. The van der Waals surface area contributed by atoms with Crippen molar-refractivity contribution < 1.29 is 4.74 Å². The fourth-order valence-corrected chi connectivity index (χ4v) is 1.92. The largest absolute Gasteiger partial charge is 0.494 e. The Morgan fingerprint density at radius 3 is 2.84 bits per heavy atom. The third-order valence-electron chi connectivity index (χ3n) is 2.91. The molecule has 1 aromatic heterocycles. The molecule has 0 aliphatic heterocycles. The lowest BCUT2D eigenvalue weighted by atomic mass is 10.0. The standard InChI is InChI=1S/C16H20N2O/c1-2-10-19-15-8-5-6-13(11-15)16(17)12-14-7-3-4-9-18-14/h3-9,11,16H,2,10,12,17H2,1H3. The summed E-state index contributed by atoms with van der Waals surface area (Å²) in [5, 5.41) is 0. The van der Waals surface area contributed by atoms with Gasteiger partial charge in [-0.05, 0) is 36.2 Å². The van der Waals surface area contributed by atoms with Gasteiger partial charge in [-0.1, -0.05) is 25.1 Å². The molecule has 0 saturated heterocycles. The van der Waals surface area contributed by atoms with Crippen LogP contribution < -0.4 is 10.5 Å². The van der Waals surface area contributed by atoms with Crippen LogP contribution in [0.4, 0.5) is 0 Å². The lowest BCUT2D eigenvalue weighted by Crippen LogP contribution is -2.14. The van der Waals surface area contributed by atoms with Crippen molar-refractivity contribution in [3.8, 4) is 5.75 Å². The molecule has 19 heavy (non-hydrogen) atoms. The van der Waals surface area contributed by atoms with Crippen molar-refractivity contribution in [1.29, 1.82) is 0 Å². The summed E-state index contributed by atoms with van der Waals surface area (Å²) in [5.74, 6) is 0.885. The smallest absolute Gasteiger partial charge is 0.119 e. The number of pyridine rings is 1. The van der Waals surface area contributed by atoms with E-state index in [1.54, 1.807) is 6.20 Å². The predicted octanol–water partition coefficient (Wildman–Crippen LogP) is 3.11. The van der Waals surface area contributed by atoms with E-state index in [-0.39, 0.29) is 6.04 Å². The maximum atomic E-state index is 6.23. The molecule has 0 spiro atoms. The molecule has 0 amide bonds. The Morgan fingerprint density at radius 2 is 2.11 bits per heavy atom. The topological polar surface area (TPSA) is 48.1 Å². The summed E-state index contributed by atoms with van der Waals surface area (Å²) < 4.78 is 5.63. The van der Waals surface area contributed by atoms with Crippen LogP contribution >= 0.6 is 0 Å². The van der Waals surface area contributed by atoms with E-state index in [9.17, 15) is 0 Å². The van der Waals surface area contributed by atoms with Gasteiger partial charge in [-0.2, -0.15) is 0 Å². The number of benzene rings is 1. The quantitative estimate of drug-likeness (QED) is 0.864. The van der Waals surface area contributed by atoms with Gasteiger partial charge in [0.15, 0.2) is 0 Å². The first-order chi connectivity index (χ1) is 9.29. The highest BCUT2D eigenvalue weighted by molar-refractivity contribution is 5.31. The molecule has 1 unspecified atom stereocenters. The summed E-state index contributed by atoms with van der Waals surface area (Å²) in [6.45, 7) is 2.83. The molecule has 1 aromatic carbocycles. The Kier molecular flexibility index (Phi) is 4.93. The molecule has 1 heterocycles. The maximum Gasteiger partial charge on any atom is 0.119 e. The summed E-state index contributed by atoms with van der Waals surface area (Å²) in [6.07, 6.45) is 3.53. The van der Waals surface area contributed by atoms with Crippen molar-refractivity contribution in [2.45, 2.75) is 25.8 Å². The molecule has 0 radical (unpaired) electrons. The third-order valence-corrected chi connectivity index (χ3v) is 2.91. The van der Waals surface area contributed by atoms with Crippen LogP contribution in [0.2, 0.25) is 0 Å². The molecule has 0 bridgehead atoms. The van der Waals surface area contributed by atoms with Gasteiger partial charge in [-0.3, -0.25) is 4.98 Å². The zero-order valence-corrected chi connectivity index (χ0v) is 11.3. The van der Waals surface area contributed by atoms with Gasteiger partial charge in [-0.25, -0.2) is 0 Å². The first-order valence-electron chi connectivity index (χ1n) is 6.68. The van der Waals surface area contributed by atoms with E-state index in [1.807, 2.05) is 42.5 Å². The fourth-order valence-electron chi connectivity index (χ4n) is 1.92. The normalized spacial score (nSPS) is 12.1. The van der Waals surface area contributed by atoms with Crippen LogP contribution in [0, 0.1) is 0 Å². The molecular formula is C16H20N2O. The van der Waals surface area contributed by atoms with Crippen molar-refractivity contribution in [2.24, 2.45) is 5.73 Å². The first-order valence-corrected chi connectivity index (χ1v) is 6.68. The Balaban J connectivity index is 2.04. The summed E-state index contributed by atoms with van der Waals surface area (Å²) in [5.41, 5.74) is 8.32. The lowest BCUT2D eigenvalue weighted by molar-refractivity contribution is 0.317. The Hall–Kier alpha value is -1.87. The van der Waals surface area contributed by atoms with Crippen LogP contribution in [-0.4, -0.2) is 11.6 Å². The number of ether oxygens (including phenoxy) is 1. The monoisotopic (exact) mass is 256 g/mol. The minimum atomic E-state index is -0.0555. The van der Waals surface area contributed by atoms with E-state index in [1.165, 1.54) is 0 Å². The predicted molar refractivity (Wildman–Crippen MR) is 77.1 cm³/mol. The Labute approximate surface area is 114 Å². The molecule has 0 fully saturated rings. The molecule has 1 atom stereocenters. The van der Waals surface area contributed by atoms with Crippen LogP contribution in [0.3, 0.4) is 0 Å². The molecule has 2 N–H and O–H groups in total. The van der Waals surface area contributed by atoms with E-state index >= 15 is 0 Å². The van der Waals surface area contributed by atoms with Crippen LogP contribution in [0.1, 0.15) is 30.6 Å². The summed E-state index contributed by atoms with van der Waals surface area (Å²) >= 11 is 0. The SMILES string of the molecule is CCCOc1cccc(C(N)Cc2ccccn2)c1. The molecule has 2 aromatic rings. The van der Waals surface area contributed by atoms with E-state index in [2.05, 4.69) is 11.9 Å². The minimum absolute atomic E-state index is 0.0555. The van der Waals surface area contributed by atoms with Crippen molar-refractivity contribution in [3.63, 3.8) is 0 Å². The van der Waals surface area contributed by atoms with Crippen LogP contribution in [0.25, 0.3) is 0 Å². The highest BCUT2D eigenvalue weighted by Gasteiger charge is 2.08. The summed E-state index contributed by atoms with van der Waals surface area (Å²) in [6, 6.07) is 13.8. The van der Waals surface area contributed by atoms with Crippen LogP contribution in [-0.2, 0) is 6.42 Å². The molecule has 0 saturated carbocycles. The second kappa shape index (κ2) is 6.90. The fraction of sp³-hybridized carbons (Fsp3) is 0.312. The van der Waals surface area contributed by atoms with Crippen molar-refractivity contribution in [3.05, 3.63) is 59.9 Å². The maximum absolute atomic E-state index is 6.23. The number of aromatic nitrogens is 1. The highest BCUT2D eigenvalue weighted by Crippen LogP contribution is 2.20. The van der Waals surface area contributed by atoms with Gasteiger partial charge >= 0.3 is 0 Å². The Bertz CT molecular complexity index is 499. The van der Waals surface area contributed by atoms with Gasteiger partial charge in [0, 0.05) is 24.4 Å². The van der Waals surface area contributed by atoms with Crippen molar-refractivity contribution >= 4 is 0 Å². The van der Waals surface area contributed by atoms with Gasteiger partial charge in [0.05, 0.1) is 6.61 Å². The lowest BCUT2D eigenvalue weighted by Gasteiger charge is -2.13. The Morgan fingerprint density at radius 1 is 1.21 bits per heavy atom. The summed E-state index contributed by atoms with van der Waals surface area (Å²) in [7, 11) is 0. The number of nitrogens with zero attached hydrogens (tertiary/aromatic N) is 1. The van der Waals surface area contributed by atoms with E-state index in [4.69, 9.17) is 10.5 Å². The highest BCUT2D eigenvalue weighted by atomic mass is 16.5. The minimum Gasteiger partial charge on any atom is -0.494 e. The average Bonchev–Trinajstić information content (AvgIpc) is 2.46. The number of hydrogen-bond acceptors (Lipinski definition) is 3. The van der Waals surface area contributed by atoms with Crippen LogP contribution in [0.5, 0.6) is 5.75 Å². The molecule has 0 aliphatic rings. The molecule has 100 valence electrons. The van der Waals surface area contributed by atoms with Gasteiger partial charge in [0.1, 0.15) is 5.75 Å². The number of nitrogens with two attached hydrogens (primary N) is 1. The van der Waals surface area contributed by atoms with E-state index in [0.717, 1.165) is 36.5 Å². The third kappa shape index (κ3) is 4.07. The van der Waals surface area contributed by atoms with E-state index < -0.39 is 0 Å². The van der Waals surface area contributed by atoms with Crippen molar-refractivity contribution in [1.82, 2.24) is 4.98 Å². The van der Waals surface area contributed by atoms with Gasteiger partial charge in [-0.15, -0.1) is 0 Å². The summed E-state index contributed by atoms with van der Waals surface area (Å²) in [4.78, 5) is 4.30. The van der Waals surface area contributed by atoms with Gasteiger partial charge < -0.3 is 10.5 Å².